The van der Waals surface area contributed by atoms with E-state index in [1.807, 2.05) is 36.4 Å². The predicted octanol–water partition coefficient (Wildman–Crippen LogP) is 4.78. The highest BCUT2D eigenvalue weighted by Gasteiger charge is 2.30. The summed E-state index contributed by atoms with van der Waals surface area (Å²) >= 11 is 0. The smallest absolute Gasteiger partial charge is 0.166 e. The molecule has 3 heteroatoms. The number of hydrogen-bond donors (Lipinski definition) is 0. The first kappa shape index (κ1) is 12.0. The molecule has 0 aliphatic heterocycles. The van der Waals surface area contributed by atoms with Crippen molar-refractivity contribution in [3.8, 4) is 0 Å². The third-order valence-corrected chi connectivity index (χ3v) is 3.35. The molecule has 0 aromatic heterocycles. The van der Waals surface area contributed by atoms with Crippen molar-refractivity contribution in [3.63, 3.8) is 0 Å². The van der Waals surface area contributed by atoms with Crippen LogP contribution in [0.2, 0.25) is 0 Å². The van der Waals surface area contributed by atoms with Crippen molar-refractivity contribution in [2.45, 2.75) is 12.6 Å². The van der Waals surface area contributed by atoms with Crippen molar-refractivity contribution >= 4 is 12.2 Å². The van der Waals surface area contributed by atoms with Crippen LogP contribution in [0.5, 0.6) is 0 Å². The van der Waals surface area contributed by atoms with Gasteiger partial charge in [0.1, 0.15) is 0 Å². The van der Waals surface area contributed by atoms with E-state index in [4.69, 9.17) is 0 Å². The van der Waals surface area contributed by atoms with E-state index in [1.54, 1.807) is 6.07 Å². The molecule has 96 valence electrons. The van der Waals surface area contributed by atoms with Gasteiger partial charge in [-0.2, -0.15) is 13.2 Å². The van der Waals surface area contributed by atoms with E-state index >= 15 is 0 Å². The highest BCUT2D eigenvalue weighted by Crippen LogP contribution is 2.33. The number of rotatable bonds is 0. The standard InChI is InChI=1S/C16H11F3/c17-16(18,19)15-8-7-12-6-5-11-3-1-2-4-13(11)9-14(12)10-15/h1-8,10H,9H2. The highest BCUT2D eigenvalue weighted by atomic mass is 19.4. The lowest BCUT2D eigenvalue weighted by molar-refractivity contribution is -0.137. The number of alkyl halides is 3. The summed E-state index contributed by atoms with van der Waals surface area (Å²) < 4.78 is 38.2. The van der Waals surface area contributed by atoms with Crippen molar-refractivity contribution in [2.24, 2.45) is 0 Å². The van der Waals surface area contributed by atoms with Gasteiger partial charge in [-0.05, 0) is 40.8 Å². The maximum Gasteiger partial charge on any atom is 0.416 e. The third kappa shape index (κ3) is 2.28. The van der Waals surface area contributed by atoms with Gasteiger partial charge in [0.2, 0.25) is 0 Å². The van der Waals surface area contributed by atoms with Crippen molar-refractivity contribution in [1.82, 2.24) is 0 Å². The Bertz CT molecular complexity index is 651. The van der Waals surface area contributed by atoms with Gasteiger partial charge >= 0.3 is 6.18 Å². The second-order valence-electron chi connectivity index (χ2n) is 4.62. The monoisotopic (exact) mass is 260 g/mol. The predicted molar refractivity (Wildman–Crippen MR) is 69.6 cm³/mol. The molecule has 0 saturated heterocycles. The molecule has 0 nitrogen and oxygen atoms in total. The maximum absolute atomic E-state index is 12.7. The lowest BCUT2D eigenvalue weighted by Crippen LogP contribution is -2.06. The number of fused-ring (bicyclic) bond motifs is 2. The molecule has 1 aliphatic rings. The van der Waals surface area contributed by atoms with Gasteiger partial charge in [-0.1, -0.05) is 42.5 Å². The number of benzene rings is 2. The fraction of sp³-hybridized carbons (Fsp3) is 0.125. The molecule has 19 heavy (non-hydrogen) atoms. The van der Waals surface area contributed by atoms with E-state index in [9.17, 15) is 13.2 Å². The zero-order chi connectivity index (χ0) is 13.5. The van der Waals surface area contributed by atoms with Gasteiger partial charge < -0.3 is 0 Å². The van der Waals surface area contributed by atoms with Gasteiger partial charge in [0, 0.05) is 0 Å². The van der Waals surface area contributed by atoms with Crippen LogP contribution in [0.15, 0.2) is 42.5 Å². The fourth-order valence-corrected chi connectivity index (χ4v) is 2.34. The van der Waals surface area contributed by atoms with Crippen molar-refractivity contribution in [3.05, 3.63) is 70.3 Å². The number of hydrogen-bond acceptors (Lipinski definition) is 0. The molecule has 0 heterocycles. The second-order valence-corrected chi connectivity index (χ2v) is 4.62. The Labute approximate surface area is 109 Å². The summed E-state index contributed by atoms with van der Waals surface area (Å²) in [5.74, 6) is 0. The lowest BCUT2D eigenvalue weighted by Gasteiger charge is -2.11. The molecule has 0 spiro atoms. The minimum atomic E-state index is -4.29. The van der Waals surface area contributed by atoms with Gasteiger partial charge in [-0.15, -0.1) is 0 Å². The van der Waals surface area contributed by atoms with E-state index in [0.29, 0.717) is 6.42 Å². The molecule has 0 radical (unpaired) electrons. The first-order chi connectivity index (χ1) is 9.04. The van der Waals surface area contributed by atoms with Crippen LogP contribution in [-0.4, -0.2) is 0 Å². The summed E-state index contributed by atoms with van der Waals surface area (Å²) in [5.41, 5.74) is 3.10. The minimum absolute atomic E-state index is 0.530. The zero-order valence-corrected chi connectivity index (χ0v) is 10.0. The normalized spacial score (nSPS) is 13.6. The van der Waals surface area contributed by atoms with Crippen molar-refractivity contribution in [1.29, 1.82) is 0 Å². The second kappa shape index (κ2) is 4.26. The first-order valence-corrected chi connectivity index (χ1v) is 6.00. The average molecular weight is 260 g/mol. The molecule has 0 bridgehead atoms. The molecule has 1 aliphatic carbocycles. The largest absolute Gasteiger partial charge is 0.416 e. The Morgan fingerprint density at radius 2 is 1.47 bits per heavy atom. The summed E-state index contributed by atoms with van der Waals surface area (Å²) in [6.07, 6.45) is 0.0722. The molecule has 0 N–H and O–H groups in total. The third-order valence-electron chi connectivity index (χ3n) is 3.35. The minimum Gasteiger partial charge on any atom is -0.166 e. The zero-order valence-electron chi connectivity index (χ0n) is 10.0. The average Bonchev–Trinajstić information content (AvgIpc) is 2.55. The molecular formula is C16H11F3. The Morgan fingerprint density at radius 1 is 0.789 bits per heavy atom. The summed E-state index contributed by atoms with van der Waals surface area (Å²) in [7, 11) is 0. The van der Waals surface area contributed by atoms with Crippen LogP contribution in [0.25, 0.3) is 12.2 Å². The lowest BCUT2D eigenvalue weighted by atomic mass is 9.98. The maximum atomic E-state index is 12.7. The van der Waals surface area contributed by atoms with Crippen LogP contribution in [0.1, 0.15) is 27.8 Å². The SMILES string of the molecule is FC(F)(F)c1ccc2c(c1)Cc1ccccc1C=C2. The van der Waals surface area contributed by atoms with E-state index in [2.05, 4.69) is 0 Å². The molecule has 0 fully saturated rings. The van der Waals surface area contributed by atoms with Crippen LogP contribution in [0.3, 0.4) is 0 Å². The Balaban J connectivity index is 2.10. The fourth-order valence-electron chi connectivity index (χ4n) is 2.34. The highest BCUT2D eigenvalue weighted by molar-refractivity contribution is 5.75. The van der Waals surface area contributed by atoms with Crippen LogP contribution in [-0.2, 0) is 12.6 Å². The van der Waals surface area contributed by atoms with Crippen LogP contribution < -0.4 is 0 Å². The van der Waals surface area contributed by atoms with Crippen molar-refractivity contribution < 1.29 is 13.2 Å². The molecule has 0 amide bonds. The van der Waals surface area contributed by atoms with Crippen LogP contribution >= 0.6 is 0 Å². The summed E-state index contributed by atoms with van der Waals surface area (Å²) in [5, 5.41) is 0. The van der Waals surface area contributed by atoms with Crippen LogP contribution in [0, 0.1) is 0 Å². The molecular weight excluding hydrogens is 249 g/mol. The molecule has 2 aromatic carbocycles. The molecule has 0 saturated carbocycles. The molecule has 0 atom stereocenters. The Morgan fingerprint density at radius 3 is 2.21 bits per heavy atom. The first-order valence-electron chi connectivity index (χ1n) is 6.00. The van der Waals surface area contributed by atoms with Gasteiger partial charge in [-0.3, -0.25) is 0 Å². The summed E-state index contributed by atoms with van der Waals surface area (Å²) in [6.45, 7) is 0. The van der Waals surface area contributed by atoms with Crippen molar-refractivity contribution in [2.75, 3.05) is 0 Å². The topological polar surface area (TPSA) is 0 Å². The van der Waals surface area contributed by atoms with E-state index < -0.39 is 11.7 Å². The summed E-state index contributed by atoms with van der Waals surface area (Å²) in [6, 6.07) is 11.7. The molecule has 3 rings (SSSR count). The number of halogens is 3. The quantitative estimate of drug-likeness (QED) is 0.545. The van der Waals surface area contributed by atoms with E-state index in [-0.39, 0.29) is 0 Å². The Kier molecular flexibility index (Phi) is 2.70. The molecule has 0 unspecified atom stereocenters. The summed E-state index contributed by atoms with van der Waals surface area (Å²) in [4.78, 5) is 0. The molecule has 2 aromatic rings. The van der Waals surface area contributed by atoms with Gasteiger partial charge in [0.05, 0.1) is 5.56 Å². The van der Waals surface area contributed by atoms with E-state index in [1.165, 1.54) is 6.07 Å². The van der Waals surface area contributed by atoms with Gasteiger partial charge in [0.25, 0.3) is 0 Å². The van der Waals surface area contributed by atoms with Gasteiger partial charge in [-0.25, -0.2) is 0 Å². The van der Waals surface area contributed by atoms with Gasteiger partial charge in [0.15, 0.2) is 0 Å². The Hall–Kier alpha value is -2.03. The van der Waals surface area contributed by atoms with Crippen LogP contribution in [0.4, 0.5) is 13.2 Å². The van der Waals surface area contributed by atoms with E-state index in [0.717, 1.165) is 28.3 Å².